The van der Waals surface area contributed by atoms with E-state index in [2.05, 4.69) is 5.16 Å². The molecular formula is C10H10ClNO3S. The van der Waals surface area contributed by atoms with Crippen LogP contribution < -0.4 is 0 Å². The molecule has 1 aliphatic heterocycles. The first kappa shape index (κ1) is 11.4. The number of hydrogen-bond donors (Lipinski definition) is 0. The molecule has 0 saturated carbocycles. The second kappa shape index (κ2) is 4.07. The Morgan fingerprint density at radius 1 is 1.31 bits per heavy atom. The van der Waals surface area contributed by atoms with Crippen LogP contribution in [0, 0.1) is 0 Å². The van der Waals surface area contributed by atoms with Crippen molar-refractivity contribution in [3.63, 3.8) is 0 Å². The van der Waals surface area contributed by atoms with Crippen molar-refractivity contribution in [2.75, 3.05) is 0 Å². The third-order valence-electron chi connectivity index (χ3n) is 2.29. The van der Waals surface area contributed by atoms with Gasteiger partial charge in [0.15, 0.2) is 5.04 Å². The summed E-state index contributed by atoms with van der Waals surface area (Å²) >= 11 is 5.93. The van der Waals surface area contributed by atoms with Gasteiger partial charge >= 0.3 is 0 Å². The van der Waals surface area contributed by atoms with E-state index < -0.39 is 21.3 Å². The van der Waals surface area contributed by atoms with Crippen molar-refractivity contribution in [1.82, 2.24) is 0 Å². The minimum atomic E-state index is -3.63. The number of sulfone groups is 1. The van der Waals surface area contributed by atoms with E-state index in [1.807, 2.05) is 0 Å². The third-order valence-corrected chi connectivity index (χ3v) is 4.75. The minimum Gasteiger partial charge on any atom is -0.390 e. The van der Waals surface area contributed by atoms with Crippen LogP contribution in [0.3, 0.4) is 0 Å². The number of halogens is 1. The summed E-state index contributed by atoms with van der Waals surface area (Å²) in [6.45, 7) is 1.68. The quantitative estimate of drug-likeness (QED) is 0.723. The van der Waals surface area contributed by atoms with E-state index in [9.17, 15) is 8.42 Å². The van der Waals surface area contributed by atoms with Crippen molar-refractivity contribution in [1.29, 1.82) is 0 Å². The van der Waals surface area contributed by atoms with Crippen molar-refractivity contribution in [2.45, 2.75) is 23.3 Å². The van der Waals surface area contributed by atoms with Crippen LogP contribution in [0.5, 0.6) is 0 Å². The molecule has 6 heteroatoms. The van der Waals surface area contributed by atoms with E-state index in [-0.39, 0.29) is 9.94 Å². The van der Waals surface area contributed by atoms with Crippen LogP contribution in [0.1, 0.15) is 6.92 Å². The second-order valence-electron chi connectivity index (χ2n) is 3.46. The van der Waals surface area contributed by atoms with Crippen molar-refractivity contribution >= 4 is 26.5 Å². The zero-order valence-electron chi connectivity index (χ0n) is 8.50. The minimum absolute atomic E-state index is 0.118. The lowest BCUT2D eigenvalue weighted by Crippen LogP contribution is -2.27. The van der Waals surface area contributed by atoms with E-state index in [4.69, 9.17) is 16.4 Å². The van der Waals surface area contributed by atoms with Gasteiger partial charge in [0, 0.05) is 0 Å². The van der Waals surface area contributed by atoms with Crippen molar-refractivity contribution in [2.24, 2.45) is 5.16 Å². The third kappa shape index (κ3) is 1.81. The molecule has 2 atom stereocenters. The summed E-state index contributed by atoms with van der Waals surface area (Å²) in [6.07, 6.45) is -0.421. The van der Waals surface area contributed by atoms with E-state index in [1.54, 1.807) is 25.1 Å². The molecule has 1 aromatic rings. The molecule has 0 N–H and O–H groups in total. The van der Waals surface area contributed by atoms with E-state index in [0.29, 0.717) is 0 Å². The zero-order valence-corrected chi connectivity index (χ0v) is 10.1. The van der Waals surface area contributed by atoms with Crippen molar-refractivity contribution in [3.8, 4) is 0 Å². The van der Waals surface area contributed by atoms with Gasteiger partial charge in [0.2, 0.25) is 9.84 Å². The Morgan fingerprint density at radius 2 is 1.94 bits per heavy atom. The molecule has 1 aromatic carbocycles. The first-order valence-electron chi connectivity index (χ1n) is 4.71. The summed E-state index contributed by atoms with van der Waals surface area (Å²) in [5.41, 5.74) is 0. The molecule has 0 amide bonds. The average molecular weight is 260 g/mol. The van der Waals surface area contributed by atoms with E-state index in [1.165, 1.54) is 12.1 Å². The summed E-state index contributed by atoms with van der Waals surface area (Å²) in [4.78, 5) is 5.04. The summed E-state index contributed by atoms with van der Waals surface area (Å²) in [7, 11) is -3.63. The largest absolute Gasteiger partial charge is 0.390 e. The van der Waals surface area contributed by atoms with Gasteiger partial charge in [-0.15, -0.1) is 11.6 Å². The summed E-state index contributed by atoms with van der Waals surface area (Å²) in [5.74, 6) is 0. The highest BCUT2D eigenvalue weighted by Crippen LogP contribution is 2.24. The molecule has 1 heterocycles. The number of nitrogens with zero attached hydrogens (tertiary/aromatic N) is 1. The average Bonchev–Trinajstić information content (AvgIpc) is 2.61. The van der Waals surface area contributed by atoms with Gasteiger partial charge in [-0.1, -0.05) is 23.4 Å². The highest BCUT2D eigenvalue weighted by Gasteiger charge is 2.38. The normalized spacial score (nSPS) is 25.0. The highest BCUT2D eigenvalue weighted by atomic mass is 35.5. The number of benzene rings is 1. The lowest BCUT2D eigenvalue weighted by atomic mass is 10.3. The maximum atomic E-state index is 12.1. The molecule has 0 radical (unpaired) electrons. The molecule has 1 aliphatic rings. The predicted molar refractivity (Wildman–Crippen MR) is 61.3 cm³/mol. The Bertz CT molecular complexity index is 512. The first-order chi connectivity index (χ1) is 7.53. The van der Waals surface area contributed by atoms with E-state index >= 15 is 0 Å². The standard InChI is InChI=1S/C10H10ClNO3S/c1-7-9(11)10(12-15-7)16(13,14)8-5-3-2-4-6-8/h2-7,9H,1H3. The Labute approximate surface area is 98.8 Å². The Morgan fingerprint density at radius 3 is 2.44 bits per heavy atom. The Hall–Kier alpha value is -1.07. The molecule has 86 valence electrons. The summed E-state index contributed by atoms with van der Waals surface area (Å²) in [6, 6.07) is 8.05. The van der Waals surface area contributed by atoms with Crippen LogP contribution in [0.15, 0.2) is 40.4 Å². The monoisotopic (exact) mass is 259 g/mol. The molecule has 16 heavy (non-hydrogen) atoms. The number of rotatable bonds is 1. The SMILES string of the molecule is CC1ON=C(S(=O)(=O)c2ccccc2)C1Cl. The maximum absolute atomic E-state index is 12.1. The molecule has 2 rings (SSSR count). The smallest absolute Gasteiger partial charge is 0.224 e. The second-order valence-corrected chi connectivity index (χ2v) is 5.83. The van der Waals surface area contributed by atoms with Gasteiger partial charge < -0.3 is 4.84 Å². The Kier molecular flexibility index (Phi) is 2.90. The number of alkyl halides is 1. The number of oxime groups is 1. The molecule has 0 spiro atoms. The fourth-order valence-corrected chi connectivity index (χ4v) is 3.18. The van der Waals surface area contributed by atoms with Gasteiger partial charge in [0.25, 0.3) is 0 Å². The molecule has 0 aliphatic carbocycles. The molecule has 0 fully saturated rings. The van der Waals surface area contributed by atoms with Gasteiger partial charge in [0.1, 0.15) is 11.5 Å². The lowest BCUT2D eigenvalue weighted by Gasteiger charge is -2.07. The van der Waals surface area contributed by atoms with Gasteiger partial charge in [-0.3, -0.25) is 0 Å². The van der Waals surface area contributed by atoms with Crippen LogP contribution in [-0.2, 0) is 14.7 Å². The van der Waals surface area contributed by atoms with Crippen LogP contribution >= 0.6 is 11.6 Å². The Balaban J connectivity index is 2.42. The fraction of sp³-hybridized carbons (Fsp3) is 0.300. The molecule has 0 bridgehead atoms. The van der Waals surface area contributed by atoms with Crippen LogP contribution in [0.2, 0.25) is 0 Å². The molecular weight excluding hydrogens is 250 g/mol. The summed E-state index contributed by atoms with van der Waals surface area (Å²) in [5, 5.41) is 2.69. The summed E-state index contributed by atoms with van der Waals surface area (Å²) < 4.78 is 24.2. The molecule has 0 saturated heterocycles. The first-order valence-corrected chi connectivity index (χ1v) is 6.63. The van der Waals surface area contributed by atoms with Gasteiger partial charge in [-0.05, 0) is 19.1 Å². The van der Waals surface area contributed by atoms with E-state index in [0.717, 1.165) is 0 Å². The number of hydrogen-bond acceptors (Lipinski definition) is 4. The topological polar surface area (TPSA) is 55.7 Å². The highest BCUT2D eigenvalue weighted by molar-refractivity contribution is 8.06. The van der Waals surface area contributed by atoms with Crippen LogP contribution in [-0.4, -0.2) is 24.9 Å². The van der Waals surface area contributed by atoms with Gasteiger partial charge in [-0.2, -0.15) is 0 Å². The van der Waals surface area contributed by atoms with Crippen molar-refractivity contribution < 1.29 is 13.3 Å². The van der Waals surface area contributed by atoms with Crippen molar-refractivity contribution in [3.05, 3.63) is 30.3 Å². The molecule has 0 aromatic heterocycles. The van der Waals surface area contributed by atoms with Crippen LogP contribution in [0.4, 0.5) is 0 Å². The fourth-order valence-electron chi connectivity index (χ4n) is 1.36. The zero-order chi connectivity index (χ0) is 11.8. The molecule has 4 nitrogen and oxygen atoms in total. The predicted octanol–water partition coefficient (Wildman–Crippen LogP) is 1.80. The lowest BCUT2D eigenvalue weighted by molar-refractivity contribution is 0.101. The van der Waals surface area contributed by atoms with Gasteiger partial charge in [-0.25, -0.2) is 8.42 Å². The maximum Gasteiger partial charge on any atom is 0.224 e. The van der Waals surface area contributed by atoms with Crippen LogP contribution in [0.25, 0.3) is 0 Å². The molecule has 2 unspecified atom stereocenters. The van der Waals surface area contributed by atoms with Gasteiger partial charge in [0.05, 0.1) is 4.90 Å².